The normalized spacial score (nSPS) is 23.2. The van der Waals surface area contributed by atoms with Gasteiger partial charge >= 0.3 is 5.97 Å². The number of carbonyl (C=O) groups excluding carboxylic acids is 1. The van der Waals surface area contributed by atoms with Crippen molar-refractivity contribution in [1.29, 1.82) is 0 Å². The first-order valence-electron chi connectivity index (χ1n) is 6.95. The van der Waals surface area contributed by atoms with Crippen molar-refractivity contribution < 1.29 is 19.4 Å². The molecule has 1 aromatic carbocycles. The van der Waals surface area contributed by atoms with Crippen LogP contribution in [0.1, 0.15) is 37.9 Å². The second kappa shape index (κ2) is 5.48. The molecular formula is C16H21NO4. The van der Waals surface area contributed by atoms with Gasteiger partial charge in [0, 0.05) is 5.54 Å². The topological polar surface area (TPSA) is 66.8 Å². The fraction of sp³-hybridized carbons (Fsp3) is 0.500. The lowest BCUT2D eigenvalue weighted by Crippen LogP contribution is -2.58. The van der Waals surface area contributed by atoms with Gasteiger partial charge in [-0.25, -0.2) is 4.79 Å². The van der Waals surface area contributed by atoms with Gasteiger partial charge in [-0.2, -0.15) is 0 Å². The zero-order valence-electron chi connectivity index (χ0n) is 12.8. The molecule has 21 heavy (non-hydrogen) atoms. The summed E-state index contributed by atoms with van der Waals surface area (Å²) >= 11 is 0. The van der Waals surface area contributed by atoms with Gasteiger partial charge in [0.1, 0.15) is 6.61 Å². The van der Waals surface area contributed by atoms with Gasteiger partial charge in [0.2, 0.25) is 5.91 Å². The molecule has 0 spiro atoms. The van der Waals surface area contributed by atoms with Gasteiger partial charge in [-0.15, -0.1) is 0 Å². The summed E-state index contributed by atoms with van der Waals surface area (Å²) in [6, 6.07) is 6.89. The van der Waals surface area contributed by atoms with Crippen LogP contribution in [0.2, 0.25) is 0 Å². The number of benzene rings is 1. The second-order valence-electron chi connectivity index (χ2n) is 6.31. The summed E-state index contributed by atoms with van der Waals surface area (Å²) in [6.45, 7) is 7.42. The number of ether oxygens (including phenoxy) is 1. The summed E-state index contributed by atoms with van der Waals surface area (Å²) in [5.74, 6) is -1.24. The average molecular weight is 291 g/mol. The van der Waals surface area contributed by atoms with Crippen LogP contribution in [0, 0.1) is 6.92 Å². The molecule has 0 saturated carbocycles. The molecule has 2 atom stereocenters. The molecule has 0 radical (unpaired) electrons. The van der Waals surface area contributed by atoms with Crippen molar-refractivity contribution in [2.45, 2.75) is 45.4 Å². The molecule has 114 valence electrons. The number of aryl methyl sites for hydroxylation is 1. The van der Waals surface area contributed by atoms with Crippen LogP contribution >= 0.6 is 0 Å². The minimum absolute atomic E-state index is 0.187. The number of amides is 1. The molecule has 1 amide bonds. The largest absolute Gasteiger partial charge is 0.479 e. The van der Waals surface area contributed by atoms with E-state index in [1.165, 1.54) is 0 Å². The molecule has 1 fully saturated rings. The van der Waals surface area contributed by atoms with Gasteiger partial charge in [0.05, 0.1) is 6.04 Å². The number of carbonyl (C=O) groups is 2. The zero-order valence-corrected chi connectivity index (χ0v) is 12.8. The Labute approximate surface area is 124 Å². The second-order valence-corrected chi connectivity index (χ2v) is 6.31. The first kappa shape index (κ1) is 15.5. The summed E-state index contributed by atoms with van der Waals surface area (Å²) in [4.78, 5) is 25.5. The van der Waals surface area contributed by atoms with Crippen molar-refractivity contribution in [2.75, 3.05) is 6.61 Å². The van der Waals surface area contributed by atoms with E-state index in [0.29, 0.717) is 0 Å². The third kappa shape index (κ3) is 2.93. The molecule has 0 bridgehead atoms. The van der Waals surface area contributed by atoms with Crippen LogP contribution < -0.4 is 0 Å². The number of nitrogens with zero attached hydrogens (tertiary/aromatic N) is 1. The van der Waals surface area contributed by atoms with Crippen molar-refractivity contribution in [3.8, 4) is 0 Å². The highest BCUT2D eigenvalue weighted by molar-refractivity contribution is 5.83. The summed E-state index contributed by atoms with van der Waals surface area (Å²) in [5.41, 5.74) is 1.27. The maximum Gasteiger partial charge on any atom is 0.335 e. The van der Waals surface area contributed by atoms with E-state index in [2.05, 4.69) is 0 Å². The lowest BCUT2D eigenvalue weighted by molar-refractivity contribution is -0.179. The SMILES string of the molecule is Cc1ccccc1C1C(C(=O)O)OCC(=O)N1C(C)(C)C. The van der Waals surface area contributed by atoms with E-state index in [4.69, 9.17) is 4.74 Å². The fourth-order valence-electron chi connectivity index (χ4n) is 2.83. The van der Waals surface area contributed by atoms with Crippen LogP contribution in [-0.4, -0.2) is 40.1 Å². The monoisotopic (exact) mass is 291 g/mol. The van der Waals surface area contributed by atoms with Crippen LogP contribution in [0.5, 0.6) is 0 Å². The van der Waals surface area contributed by atoms with E-state index in [1.807, 2.05) is 52.0 Å². The van der Waals surface area contributed by atoms with E-state index >= 15 is 0 Å². The minimum atomic E-state index is -1.05. The molecule has 0 aromatic heterocycles. The van der Waals surface area contributed by atoms with E-state index in [0.717, 1.165) is 11.1 Å². The predicted octanol–water partition coefficient (Wildman–Crippen LogP) is 2.15. The number of morpholine rings is 1. The third-order valence-electron chi connectivity index (χ3n) is 3.69. The Morgan fingerprint density at radius 2 is 1.95 bits per heavy atom. The van der Waals surface area contributed by atoms with Crippen LogP contribution in [0.25, 0.3) is 0 Å². The van der Waals surface area contributed by atoms with E-state index in [-0.39, 0.29) is 12.5 Å². The van der Waals surface area contributed by atoms with Gasteiger partial charge in [0.15, 0.2) is 6.10 Å². The molecule has 1 aliphatic rings. The van der Waals surface area contributed by atoms with Crippen molar-refractivity contribution in [3.63, 3.8) is 0 Å². The predicted molar refractivity (Wildman–Crippen MR) is 77.9 cm³/mol. The zero-order chi connectivity index (χ0) is 15.8. The van der Waals surface area contributed by atoms with E-state index in [1.54, 1.807) is 4.90 Å². The standard InChI is InChI=1S/C16H21NO4/c1-10-7-5-6-8-11(10)13-14(15(19)20)21-9-12(18)17(13)16(2,3)4/h5-8,13-14H,9H2,1-4H3,(H,19,20). The highest BCUT2D eigenvalue weighted by Gasteiger charge is 2.46. The van der Waals surface area contributed by atoms with Crippen molar-refractivity contribution >= 4 is 11.9 Å². The van der Waals surface area contributed by atoms with Crippen LogP contribution in [-0.2, 0) is 14.3 Å². The maximum absolute atomic E-state index is 12.3. The Morgan fingerprint density at radius 1 is 1.33 bits per heavy atom. The molecule has 2 unspecified atom stereocenters. The molecule has 0 aliphatic carbocycles. The Kier molecular flexibility index (Phi) is 4.05. The number of aliphatic carboxylic acids is 1. The van der Waals surface area contributed by atoms with Gasteiger partial charge in [-0.1, -0.05) is 24.3 Å². The quantitative estimate of drug-likeness (QED) is 0.906. The highest BCUT2D eigenvalue weighted by atomic mass is 16.5. The molecule has 1 aromatic rings. The van der Waals surface area contributed by atoms with Crippen LogP contribution in [0.4, 0.5) is 0 Å². The van der Waals surface area contributed by atoms with E-state index in [9.17, 15) is 14.7 Å². The van der Waals surface area contributed by atoms with Gasteiger partial charge in [0.25, 0.3) is 0 Å². The molecule has 1 N–H and O–H groups in total. The van der Waals surface area contributed by atoms with Crippen molar-refractivity contribution in [2.24, 2.45) is 0 Å². The molecule has 1 aliphatic heterocycles. The molecule has 2 rings (SSSR count). The first-order chi connectivity index (χ1) is 9.73. The summed E-state index contributed by atoms with van der Waals surface area (Å²) in [6.07, 6.45) is -1.05. The number of carboxylic acid groups (broad SMARTS) is 1. The van der Waals surface area contributed by atoms with Gasteiger partial charge < -0.3 is 14.7 Å². The molecule has 5 heteroatoms. The highest BCUT2D eigenvalue weighted by Crippen LogP contribution is 2.37. The van der Waals surface area contributed by atoms with E-state index < -0.39 is 23.7 Å². The average Bonchev–Trinajstić information content (AvgIpc) is 2.37. The fourth-order valence-corrected chi connectivity index (χ4v) is 2.83. The van der Waals surface area contributed by atoms with Crippen LogP contribution in [0.3, 0.4) is 0 Å². The number of hydrogen-bond acceptors (Lipinski definition) is 3. The Balaban J connectivity index is 2.58. The maximum atomic E-state index is 12.3. The molecule has 1 heterocycles. The lowest BCUT2D eigenvalue weighted by Gasteiger charge is -2.47. The van der Waals surface area contributed by atoms with Gasteiger partial charge in [-0.3, -0.25) is 4.79 Å². The summed E-state index contributed by atoms with van der Waals surface area (Å²) < 4.78 is 5.31. The molecule has 5 nitrogen and oxygen atoms in total. The lowest BCUT2D eigenvalue weighted by atomic mass is 9.90. The summed E-state index contributed by atoms with van der Waals surface area (Å²) in [5, 5.41) is 9.47. The molecular weight excluding hydrogens is 270 g/mol. The van der Waals surface area contributed by atoms with Crippen molar-refractivity contribution in [3.05, 3.63) is 35.4 Å². The smallest absolute Gasteiger partial charge is 0.335 e. The van der Waals surface area contributed by atoms with Crippen molar-refractivity contribution in [1.82, 2.24) is 4.90 Å². The third-order valence-corrected chi connectivity index (χ3v) is 3.69. The minimum Gasteiger partial charge on any atom is -0.479 e. The Hall–Kier alpha value is -1.88. The number of rotatable bonds is 2. The number of carboxylic acids is 1. The van der Waals surface area contributed by atoms with Gasteiger partial charge in [-0.05, 0) is 38.8 Å². The summed E-state index contributed by atoms with van der Waals surface area (Å²) in [7, 11) is 0. The Bertz CT molecular complexity index is 562. The Morgan fingerprint density at radius 3 is 2.48 bits per heavy atom. The first-order valence-corrected chi connectivity index (χ1v) is 6.95. The van der Waals surface area contributed by atoms with Crippen LogP contribution in [0.15, 0.2) is 24.3 Å². The number of hydrogen-bond donors (Lipinski definition) is 1. The molecule has 1 saturated heterocycles.